The molecular formula is C9H11N3O3. The van der Waals surface area contributed by atoms with E-state index in [2.05, 4.69) is 0 Å². The Morgan fingerprint density at radius 3 is 2.53 bits per heavy atom. The van der Waals surface area contributed by atoms with E-state index in [1.807, 2.05) is 0 Å². The van der Waals surface area contributed by atoms with Gasteiger partial charge in [0.25, 0.3) is 5.69 Å². The number of non-ortho nitro benzene ring substituents is 1. The molecule has 0 amide bonds. The van der Waals surface area contributed by atoms with Crippen molar-refractivity contribution in [2.24, 2.45) is 5.73 Å². The normalized spacial score (nSPS) is 9.60. The average Bonchev–Trinajstić information content (AvgIpc) is 2.18. The van der Waals surface area contributed by atoms with Gasteiger partial charge in [-0.1, -0.05) is 0 Å². The molecule has 0 atom stereocenters. The first-order chi connectivity index (χ1) is 7.09. The maximum Gasteiger partial charge on any atom is 0.269 e. The zero-order valence-electron chi connectivity index (χ0n) is 7.97. The molecule has 1 aromatic rings. The van der Waals surface area contributed by atoms with Crippen LogP contribution in [0.4, 0.5) is 5.69 Å². The standard InChI is InChI=1S/C9H11N3O3/c10-9(11)5-6-15-8-3-1-7(2-4-8)12(13)14/h1-4H,5-6H2,(H3,10,11). The van der Waals surface area contributed by atoms with Crippen LogP contribution in [-0.2, 0) is 0 Å². The first-order valence-corrected chi connectivity index (χ1v) is 4.30. The molecule has 0 aliphatic heterocycles. The van der Waals surface area contributed by atoms with Crippen LogP contribution in [0.2, 0.25) is 0 Å². The smallest absolute Gasteiger partial charge is 0.269 e. The fourth-order valence-electron chi connectivity index (χ4n) is 0.943. The van der Waals surface area contributed by atoms with Gasteiger partial charge in [0.05, 0.1) is 17.4 Å². The summed E-state index contributed by atoms with van der Waals surface area (Å²) in [5.74, 6) is 0.582. The highest BCUT2D eigenvalue weighted by molar-refractivity contribution is 5.76. The maximum absolute atomic E-state index is 10.3. The monoisotopic (exact) mass is 209 g/mol. The largest absolute Gasteiger partial charge is 0.493 e. The summed E-state index contributed by atoms with van der Waals surface area (Å²) in [4.78, 5) is 9.86. The minimum absolute atomic E-state index is 0.0221. The Labute approximate surface area is 86.3 Å². The summed E-state index contributed by atoms with van der Waals surface area (Å²) in [6, 6.07) is 5.75. The number of ether oxygens (including phenoxy) is 1. The molecular weight excluding hydrogens is 198 g/mol. The van der Waals surface area contributed by atoms with Crippen LogP contribution < -0.4 is 10.5 Å². The predicted molar refractivity (Wildman–Crippen MR) is 55.1 cm³/mol. The predicted octanol–water partition coefficient (Wildman–Crippen LogP) is 1.30. The number of nitrogens with zero attached hydrogens (tertiary/aromatic N) is 1. The summed E-state index contributed by atoms with van der Waals surface area (Å²) in [6.07, 6.45) is 0.344. The van der Waals surface area contributed by atoms with Crippen LogP contribution in [0.1, 0.15) is 6.42 Å². The highest BCUT2D eigenvalue weighted by Crippen LogP contribution is 2.17. The number of nitro groups is 1. The van der Waals surface area contributed by atoms with Crippen LogP contribution in [0.3, 0.4) is 0 Å². The number of hydrogen-bond acceptors (Lipinski definition) is 4. The zero-order chi connectivity index (χ0) is 11.3. The average molecular weight is 209 g/mol. The number of nitrogens with two attached hydrogens (primary N) is 1. The summed E-state index contributed by atoms with van der Waals surface area (Å²) in [5.41, 5.74) is 5.16. The summed E-state index contributed by atoms with van der Waals surface area (Å²) in [6.45, 7) is 0.299. The van der Waals surface area contributed by atoms with E-state index in [1.54, 1.807) is 0 Å². The van der Waals surface area contributed by atoms with Gasteiger partial charge in [-0.25, -0.2) is 0 Å². The van der Waals surface area contributed by atoms with Gasteiger partial charge in [0, 0.05) is 18.6 Å². The van der Waals surface area contributed by atoms with Crippen molar-refractivity contribution >= 4 is 11.5 Å². The molecule has 6 nitrogen and oxygen atoms in total. The summed E-state index contributed by atoms with van der Waals surface area (Å²) in [7, 11) is 0. The molecule has 0 spiro atoms. The van der Waals surface area contributed by atoms with Gasteiger partial charge in [0.1, 0.15) is 5.75 Å². The second-order valence-electron chi connectivity index (χ2n) is 2.87. The van der Waals surface area contributed by atoms with Gasteiger partial charge in [-0.15, -0.1) is 0 Å². The number of rotatable bonds is 5. The second-order valence-corrected chi connectivity index (χ2v) is 2.87. The van der Waals surface area contributed by atoms with Crippen molar-refractivity contribution in [3.8, 4) is 5.75 Å². The number of benzene rings is 1. The van der Waals surface area contributed by atoms with Crippen LogP contribution in [0, 0.1) is 15.5 Å². The van der Waals surface area contributed by atoms with Crippen LogP contribution >= 0.6 is 0 Å². The van der Waals surface area contributed by atoms with Crippen LogP contribution in [0.25, 0.3) is 0 Å². The van der Waals surface area contributed by atoms with Crippen LogP contribution in [-0.4, -0.2) is 17.4 Å². The van der Waals surface area contributed by atoms with E-state index in [1.165, 1.54) is 24.3 Å². The third-order valence-corrected chi connectivity index (χ3v) is 1.69. The van der Waals surface area contributed by atoms with E-state index in [4.69, 9.17) is 15.9 Å². The van der Waals surface area contributed by atoms with Gasteiger partial charge < -0.3 is 10.5 Å². The van der Waals surface area contributed by atoms with Crippen molar-refractivity contribution in [3.05, 3.63) is 34.4 Å². The van der Waals surface area contributed by atoms with Crippen molar-refractivity contribution < 1.29 is 9.66 Å². The van der Waals surface area contributed by atoms with E-state index in [9.17, 15) is 10.1 Å². The van der Waals surface area contributed by atoms with E-state index in [-0.39, 0.29) is 11.5 Å². The van der Waals surface area contributed by atoms with Gasteiger partial charge in [0.2, 0.25) is 0 Å². The maximum atomic E-state index is 10.3. The molecule has 6 heteroatoms. The molecule has 0 heterocycles. The van der Waals surface area contributed by atoms with Gasteiger partial charge in [-0.2, -0.15) is 0 Å². The molecule has 1 aromatic carbocycles. The van der Waals surface area contributed by atoms with E-state index in [0.717, 1.165) is 0 Å². The van der Waals surface area contributed by atoms with Crippen LogP contribution in [0.5, 0.6) is 5.75 Å². The molecule has 80 valence electrons. The molecule has 0 saturated heterocycles. The molecule has 0 fully saturated rings. The molecule has 0 saturated carbocycles. The lowest BCUT2D eigenvalue weighted by Gasteiger charge is -2.04. The van der Waals surface area contributed by atoms with Gasteiger partial charge in [-0.3, -0.25) is 15.5 Å². The Hall–Kier alpha value is -2.11. The van der Waals surface area contributed by atoms with Gasteiger partial charge in [0.15, 0.2) is 0 Å². The number of nitro benzene ring substituents is 1. The zero-order valence-corrected chi connectivity index (χ0v) is 7.97. The lowest BCUT2D eigenvalue weighted by Crippen LogP contribution is -2.13. The summed E-state index contributed by atoms with van der Waals surface area (Å²) < 4.78 is 5.21. The fourth-order valence-corrected chi connectivity index (χ4v) is 0.943. The molecule has 0 unspecified atom stereocenters. The van der Waals surface area contributed by atoms with E-state index < -0.39 is 4.92 Å². The van der Waals surface area contributed by atoms with Gasteiger partial charge in [-0.05, 0) is 12.1 Å². The third-order valence-electron chi connectivity index (χ3n) is 1.69. The highest BCUT2D eigenvalue weighted by Gasteiger charge is 2.03. The quantitative estimate of drug-likeness (QED) is 0.330. The Bertz CT molecular complexity index is 361. The lowest BCUT2D eigenvalue weighted by atomic mass is 10.3. The SMILES string of the molecule is N=C(N)CCOc1ccc([N+](=O)[O-])cc1. The first kappa shape index (κ1) is 11.0. The minimum atomic E-state index is -0.473. The highest BCUT2D eigenvalue weighted by atomic mass is 16.6. The minimum Gasteiger partial charge on any atom is -0.493 e. The summed E-state index contributed by atoms with van der Waals surface area (Å²) in [5, 5.41) is 17.3. The van der Waals surface area contributed by atoms with Crippen LogP contribution in [0.15, 0.2) is 24.3 Å². The van der Waals surface area contributed by atoms with Crippen molar-refractivity contribution in [2.75, 3.05) is 6.61 Å². The topological polar surface area (TPSA) is 102 Å². The molecule has 0 aliphatic carbocycles. The molecule has 1 rings (SSSR count). The Kier molecular flexibility index (Phi) is 3.61. The number of amidine groups is 1. The molecule has 15 heavy (non-hydrogen) atoms. The number of nitrogens with one attached hydrogen (secondary N) is 1. The number of hydrogen-bond donors (Lipinski definition) is 2. The third kappa shape index (κ3) is 3.63. The molecule has 0 radical (unpaired) electrons. The molecule has 0 aromatic heterocycles. The molecule has 0 aliphatic rings. The van der Waals surface area contributed by atoms with Crippen molar-refractivity contribution in [2.45, 2.75) is 6.42 Å². The molecule has 3 N–H and O–H groups in total. The first-order valence-electron chi connectivity index (χ1n) is 4.30. The lowest BCUT2D eigenvalue weighted by molar-refractivity contribution is -0.384. The second kappa shape index (κ2) is 4.94. The Morgan fingerprint density at radius 1 is 1.47 bits per heavy atom. The van der Waals surface area contributed by atoms with Crippen molar-refractivity contribution in [1.29, 1.82) is 5.41 Å². The Balaban J connectivity index is 2.50. The summed E-state index contributed by atoms with van der Waals surface area (Å²) >= 11 is 0. The van der Waals surface area contributed by atoms with E-state index in [0.29, 0.717) is 18.8 Å². The van der Waals surface area contributed by atoms with Gasteiger partial charge >= 0.3 is 0 Å². The Morgan fingerprint density at radius 2 is 2.07 bits per heavy atom. The molecule has 0 bridgehead atoms. The fraction of sp³-hybridized carbons (Fsp3) is 0.222. The van der Waals surface area contributed by atoms with E-state index >= 15 is 0 Å². The van der Waals surface area contributed by atoms with Crippen molar-refractivity contribution in [3.63, 3.8) is 0 Å². The van der Waals surface area contributed by atoms with Crippen molar-refractivity contribution in [1.82, 2.24) is 0 Å².